The highest BCUT2D eigenvalue weighted by Crippen LogP contribution is 1.89. The summed E-state index contributed by atoms with van der Waals surface area (Å²) in [6.45, 7) is 0. The van der Waals surface area contributed by atoms with E-state index in [1.807, 2.05) is 0 Å². The van der Waals surface area contributed by atoms with E-state index in [-0.39, 0.29) is 5.73 Å². The van der Waals surface area contributed by atoms with Gasteiger partial charge in [-0.15, -0.1) is 0 Å². The Balaban J connectivity index is 2.64. The maximum atomic E-state index is 9.84. The Morgan fingerprint density at radius 1 is 1.88 bits per heavy atom. The molecule has 5 heteroatoms. The molecule has 4 nitrogen and oxygen atoms in total. The summed E-state index contributed by atoms with van der Waals surface area (Å²) in [4.78, 5) is 12.8. The van der Waals surface area contributed by atoms with Crippen LogP contribution in [0.25, 0.3) is 0 Å². The van der Waals surface area contributed by atoms with Gasteiger partial charge in [-0.3, -0.25) is 0 Å². The van der Waals surface area contributed by atoms with Crippen LogP contribution in [0.3, 0.4) is 0 Å². The normalized spacial score (nSPS) is 15.2. The van der Waals surface area contributed by atoms with Gasteiger partial charge in [0.1, 0.15) is 6.20 Å². The lowest BCUT2D eigenvalue weighted by Gasteiger charge is -1.86. The molecule has 0 N–H and O–H groups in total. The second kappa shape index (κ2) is 1.77. The average molecular weight is 110 g/mol. The van der Waals surface area contributed by atoms with Crippen molar-refractivity contribution in [3.05, 3.63) is 22.3 Å². The highest BCUT2D eigenvalue weighted by Gasteiger charge is 2.13. The molecule has 8 heavy (non-hydrogen) atoms. The fraction of sp³-hybridized carbons (Fsp3) is 0. The fourth-order valence-electron chi connectivity index (χ4n) is 0.471. The summed E-state index contributed by atoms with van der Waals surface area (Å²) in [7, 11) is 0.368. The minimum absolute atomic E-state index is 0.0324. The van der Waals surface area contributed by atoms with E-state index in [4.69, 9.17) is 0 Å². The number of hydrogen-bond donors (Lipinski definition) is 0. The largest absolute Gasteiger partial charge is 0.359 e. The molecule has 1 aliphatic rings. The molecule has 0 bridgehead atoms. The van der Waals surface area contributed by atoms with E-state index < -0.39 is 4.92 Å². The smallest absolute Gasteiger partial charge is 0.306 e. The van der Waals surface area contributed by atoms with Gasteiger partial charge in [0.05, 0.1) is 0 Å². The van der Waals surface area contributed by atoms with Gasteiger partial charge in [0.25, 0.3) is 5.73 Å². The molecule has 0 aromatic carbocycles. The third-order valence-corrected chi connectivity index (χ3v) is 0.840. The molecule has 1 rings (SSSR count). The van der Waals surface area contributed by atoms with Crippen molar-refractivity contribution in [2.75, 3.05) is 0 Å². The number of hydrogen-bond acceptors (Lipinski definition) is 3. The maximum absolute atomic E-state index is 9.84. The molecule has 0 saturated carbocycles. The monoisotopic (exact) mass is 110 g/mol. The van der Waals surface area contributed by atoms with Crippen LogP contribution >= 0.6 is 0 Å². The Bertz CT molecular complexity index is 174. The molecule has 0 aromatic rings. The van der Waals surface area contributed by atoms with Gasteiger partial charge in [0, 0.05) is 0 Å². The van der Waals surface area contributed by atoms with E-state index in [0.29, 0.717) is 7.28 Å². The van der Waals surface area contributed by atoms with Crippen molar-refractivity contribution in [3.8, 4) is 0 Å². The SMILES string of the molecule is O=[N+]([O-])C1=NC=CB1. The fourth-order valence-corrected chi connectivity index (χ4v) is 0.471. The number of rotatable bonds is 0. The maximum Gasteiger partial charge on any atom is 0.306 e. The highest BCUT2D eigenvalue weighted by atomic mass is 16.6. The summed E-state index contributed by atoms with van der Waals surface area (Å²) >= 11 is 0. The third-order valence-electron chi connectivity index (χ3n) is 0.840. The first-order chi connectivity index (χ1) is 3.80. The molecule has 0 amide bonds. The van der Waals surface area contributed by atoms with Crippen LogP contribution in [0.4, 0.5) is 0 Å². The molecule has 0 aromatic heterocycles. The molecular formula is C3H3BN2O2. The Hall–Kier alpha value is -1.13. The average Bonchev–Trinajstić information content (AvgIpc) is 2.12. The third kappa shape index (κ3) is 0.751. The topological polar surface area (TPSA) is 55.5 Å². The van der Waals surface area contributed by atoms with Crippen LogP contribution in [0.5, 0.6) is 0 Å². The van der Waals surface area contributed by atoms with E-state index >= 15 is 0 Å². The Labute approximate surface area is 46.3 Å². The zero-order valence-electron chi connectivity index (χ0n) is 4.07. The van der Waals surface area contributed by atoms with Gasteiger partial charge >= 0.3 is 7.28 Å². The second-order valence-corrected chi connectivity index (χ2v) is 1.39. The zero-order valence-corrected chi connectivity index (χ0v) is 4.07. The highest BCUT2D eigenvalue weighted by molar-refractivity contribution is 6.77. The van der Waals surface area contributed by atoms with Crippen LogP contribution < -0.4 is 0 Å². The van der Waals surface area contributed by atoms with Crippen LogP contribution in [0.1, 0.15) is 0 Å². The Morgan fingerprint density at radius 2 is 2.62 bits per heavy atom. The first kappa shape index (κ1) is 5.02. The molecule has 0 saturated heterocycles. The van der Waals surface area contributed by atoms with Crippen molar-refractivity contribution in [1.29, 1.82) is 0 Å². The van der Waals surface area contributed by atoms with Gasteiger partial charge in [0.2, 0.25) is 0 Å². The lowest BCUT2D eigenvalue weighted by atomic mass is 9.79. The van der Waals surface area contributed by atoms with Gasteiger partial charge in [0.15, 0.2) is 0 Å². The molecule has 0 radical (unpaired) electrons. The summed E-state index contributed by atoms with van der Waals surface area (Å²) in [5.74, 6) is 1.65. The first-order valence-corrected chi connectivity index (χ1v) is 2.17. The van der Waals surface area contributed by atoms with Crippen molar-refractivity contribution in [2.24, 2.45) is 4.99 Å². The van der Waals surface area contributed by atoms with Gasteiger partial charge in [-0.1, -0.05) is 11.0 Å². The minimum atomic E-state index is -0.472. The van der Waals surface area contributed by atoms with E-state index in [2.05, 4.69) is 4.99 Å². The van der Waals surface area contributed by atoms with E-state index in [1.54, 1.807) is 5.98 Å². The summed E-state index contributed by atoms with van der Waals surface area (Å²) in [5.41, 5.74) is 0.0324. The zero-order chi connectivity index (χ0) is 5.98. The second-order valence-electron chi connectivity index (χ2n) is 1.39. The minimum Gasteiger partial charge on any atom is -0.359 e. The summed E-state index contributed by atoms with van der Waals surface area (Å²) in [6, 6.07) is 0. The van der Waals surface area contributed by atoms with Crippen molar-refractivity contribution >= 4 is 13.0 Å². The lowest BCUT2D eigenvalue weighted by molar-refractivity contribution is -0.344. The first-order valence-electron chi connectivity index (χ1n) is 2.17. The van der Waals surface area contributed by atoms with Gasteiger partial charge in [-0.25, -0.2) is 0 Å². The molecule has 40 valence electrons. The van der Waals surface area contributed by atoms with Crippen LogP contribution in [-0.2, 0) is 0 Å². The van der Waals surface area contributed by atoms with E-state index in [9.17, 15) is 10.1 Å². The van der Waals surface area contributed by atoms with E-state index in [1.165, 1.54) is 6.20 Å². The Kier molecular flexibility index (Phi) is 1.11. The molecular weight excluding hydrogens is 107 g/mol. The van der Waals surface area contributed by atoms with Crippen LogP contribution in [0.15, 0.2) is 17.2 Å². The molecule has 0 aliphatic carbocycles. The quantitative estimate of drug-likeness (QED) is 0.240. The van der Waals surface area contributed by atoms with Gasteiger partial charge in [-0.05, 0) is 4.92 Å². The molecule has 1 aliphatic heterocycles. The Morgan fingerprint density at radius 3 is 2.88 bits per heavy atom. The molecule has 0 spiro atoms. The van der Waals surface area contributed by atoms with Gasteiger partial charge in [-0.2, -0.15) is 0 Å². The summed E-state index contributed by atoms with van der Waals surface area (Å²) < 4.78 is 0. The number of nitro groups is 1. The number of amidine groups is 1. The predicted octanol–water partition coefficient (Wildman–Crippen LogP) is -0.460. The predicted molar refractivity (Wildman–Crippen MR) is 30.7 cm³/mol. The van der Waals surface area contributed by atoms with Crippen LogP contribution in [0.2, 0.25) is 0 Å². The van der Waals surface area contributed by atoms with Gasteiger partial charge < -0.3 is 10.1 Å². The van der Waals surface area contributed by atoms with Crippen molar-refractivity contribution in [3.63, 3.8) is 0 Å². The molecule has 0 unspecified atom stereocenters. The van der Waals surface area contributed by atoms with E-state index in [0.717, 1.165) is 0 Å². The lowest BCUT2D eigenvalue weighted by Crippen LogP contribution is -2.14. The van der Waals surface area contributed by atoms with Crippen molar-refractivity contribution in [2.45, 2.75) is 0 Å². The number of nitrogens with zero attached hydrogens (tertiary/aromatic N) is 2. The molecule has 0 atom stereocenters. The summed E-state index contributed by atoms with van der Waals surface area (Å²) in [6.07, 6.45) is 1.44. The summed E-state index contributed by atoms with van der Waals surface area (Å²) in [5, 5.41) is 9.84. The van der Waals surface area contributed by atoms with Crippen LogP contribution in [-0.4, -0.2) is 17.9 Å². The molecule has 0 fully saturated rings. The standard InChI is InChI=1S/C3H3BN2O2/c7-6(8)3-4-1-2-5-3/h1-2,4H. The van der Waals surface area contributed by atoms with Crippen molar-refractivity contribution in [1.82, 2.24) is 0 Å². The van der Waals surface area contributed by atoms with Crippen LogP contribution in [0, 0.1) is 10.1 Å². The molecule has 1 heterocycles. The number of aliphatic imine (C=N–C) groups is 1. The van der Waals surface area contributed by atoms with Crippen molar-refractivity contribution < 1.29 is 4.92 Å².